The smallest absolute Gasteiger partial charge is 0.238 e. The first kappa shape index (κ1) is 16.6. The fraction of sp³-hybridized carbons (Fsp3) is 0.769. The average molecular weight is 285 g/mol. The lowest BCUT2D eigenvalue weighted by Crippen LogP contribution is -2.51. The van der Waals surface area contributed by atoms with Gasteiger partial charge in [0.25, 0.3) is 0 Å². The van der Waals surface area contributed by atoms with Crippen molar-refractivity contribution in [2.45, 2.75) is 32.4 Å². The minimum atomic E-state index is -0.632. The Labute approximate surface area is 119 Å². The van der Waals surface area contributed by atoms with Gasteiger partial charge in [-0.05, 0) is 20.9 Å². The molecule has 0 spiro atoms. The number of hydrogen-bond acceptors (Lipinski definition) is 5. The number of nitrogens with zero attached hydrogens (tertiary/aromatic N) is 1. The maximum atomic E-state index is 12.1. The highest BCUT2D eigenvalue weighted by Crippen LogP contribution is 2.03. The van der Waals surface area contributed by atoms with Crippen LogP contribution in [0.3, 0.4) is 0 Å². The lowest BCUT2D eigenvalue weighted by atomic mass is 10.1. The number of amides is 2. The van der Waals surface area contributed by atoms with Crippen LogP contribution in [0.25, 0.3) is 0 Å². The minimum Gasteiger partial charge on any atom is -0.378 e. The van der Waals surface area contributed by atoms with Crippen molar-refractivity contribution in [3.8, 4) is 0 Å². The zero-order valence-electron chi connectivity index (χ0n) is 12.3. The van der Waals surface area contributed by atoms with Gasteiger partial charge in [0, 0.05) is 13.1 Å². The van der Waals surface area contributed by atoms with Crippen molar-refractivity contribution in [2.24, 2.45) is 0 Å². The topological polar surface area (TPSA) is 87.7 Å². The number of Topliss-reactive ketones (excluding diaryl/α,β-unsaturated/α-hetero) is 1. The van der Waals surface area contributed by atoms with Crippen LogP contribution in [0.1, 0.15) is 20.3 Å². The fourth-order valence-corrected chi connectivity index (χ4v) is 1.86. The third-order valence-electron chi connectivity index (χ3n) is 3.38. The maximum absolute atomic E-state index is 12.1. The molecule has 0 aliphatic carbocycles. The first-order valence-corrected chi connectivity index (χ1v) is 6.79. The Morgan fingerprint density at radius 2 is 1.85 bits per heavy atom. The lowest BCUT2D eigenvalue weighted by Gasteiger charge is -2.28. The van der Waals surface area contributed by atoms with Gasteiger partial charge in [-0.1, -0.05) is 0 Å². The predicted molar refractivity (Wildman–Crippen MR) is 73.1 cm³/mol. The van der Waals surface area contributed by atoms with Crippen LogP contribution in [-0.4, -0.2) is 67.9 Å². The van der Waals surface area contributed by atoms with Crippen molar-refractivity contribution < 1.29 is 19.1 Å². The van der Waals surface area contributed by atoms with E-state index in [1.54, 1.807) is 18.9 Å². The molecule has 1 rings (SSSR count). The molecule has 0 saturated carbocycles. The molecule has 2 atom stereocenters. The summed E-state index contributed by atoms with van der Waals surface area (Å²) in [5.41, 5.74) is 0. The molecule has 2 unspecified atom stereocenters. The minimum absolute atomic E-state index is 0.0763. The Morgan fingerprint density at radius 3 is 2.35 bits per heavy atom. The number of morpholine rings is 1. The van der Waals surface area contributed by atoms with Gasteiger partial charge >= 0.3 is 0 Å². The molecule has 1 saturated heterocycles. The van der Waals surface area contributed by atoms with Crippen molar-refractivity contribution in [1.29, 1.82) is 0 Å². The number of rotatable bonds is 6. The van der Waals surface area contributed by atoms with Crippen LogP contribution >= 0.6 is 0 Å². The Morgan fingerprint density at radius 1 is 1.25 bits per heavy atom. The van der Waals surface area contributed by atoms with Crippen molar-refractivity contribution >= 4 is 17.6 Å². The van der Waals surface area contributed by atoms with Crippen molar-refractivity contribution in [2.75, 3.05) is 33.4 Å². The van der Waals surface area contributed by atoms with Gasteiger partial charge in [0.15, 0.2) is 5.78 Å². The molecule has 7 nitrogen and oxygen atoms in total. The molecule has 114 valence electrons. The third kappa shape index (κ3) is 4.90. The van der Waals surface area contributed by atoms with Gasteiger partial charge in [-0.2, -0.15) is 0 Å². The van der Waals surface area contributed by atoms with Gasteiger partial charge in [0.1, 0.15) is 0 Å². The summed E-state index contributed by atoms with van der Waals surface area (Å²) in [5.74, 6) is -0.539. The van der Waals surface area contributed by atoms with Gasteiger partial charge in [-0.3, -0.25) is 14.4 Å². The molecule has 0 aromatic rings. The molecule has 0 aromatic heterocycles. The number of carbonyl (C=O) groups excluding carboxylic acids is 3. The van der Waals surface area contributed by atoms with Gasteiger partial charge < -0.3 is 20.3 Å². The highest BCUT2D eigenvalue weighted by atomic mass is 16.5. The summed E-state index contributed by atoms with van der Waals surface area (Å²) >= 11 is 0. The SMILES string of the molecule is CNC(CC(=O)N1CCOCC1)C(=O)NC(C)C(C)=O. The summed E-state index contributed by atoms with van der Waals surface area (Å²) in [6, 6.07) is -1.18. The third-order valence-corrected chi connectivity index (χ3v) is 3.38. The molecule has 1 fully saturated rings. The maximum Gasteiger partial charge on any atom is 0.238 e. The van der Waals surface area contributed by atoms with Crippen molar-refractivity contribution in [3.63, 3.8) is 0 Å². The Hall–Kier alpha value is -1.47. The van der Waals surface area contributed by atoms with Crippen LogP contribution in [0.4, 0.5) is 0 Å². The summed E-state index contributed by atoms with van der Waals surface area (Å²) < 4.78 is 5.18. The van der Waals surface area contributed by atoms with E-state index in [0.717, 1.165) is 0 Å². The largest absolute Gasteiger partial charge is 0.378 e. The van der Waals surface area contributed by atoms with Crippen LogP contribution in [-0.2, 0) is 19.1 Å². The number of likely N-dealkylation sites (N-methyl/N-ethyl adjacent to an activating group) is 1. The number of ether oxygens (including phenoxy) is 1. The van der Waals surface area contributed by atoms with Crippen LogP contribution in [0, 0.1) is 0 Å². The van der Waals surface area contributed by atoms with E-state index in [1.807, 2.05) is 0 Å². The number of ketones is 1. The van der Waals surface area contributed by atoms with E-state index in [4.69, 9.17) is 4.74 Å². The Kier molecular flexibility index (Phi) is 6.60. The highest BCUT2D eigenvalue weighted by molar-refractivity contribution is 5.92. The molecule has 7 heteroatoms. The van der Waals surface area contributed by atoms with E-state index in [0.29, 0.717) is 26.3 Å². The molecular weight excluding hydrogens is 262 g/mol. The average Bonchev–Trinajstić information content (AvgIpc) is 2.44. The van der Waals surface area contributed by atoms with E-state index in [-0.39, 0.29) is 24.0 Å². The summed E-state index contributed by atoms with van der Waals surface area (Å²) in [7, 11) is 1.62. The van der Waals surface area contributed by atoms with E-state index in [9.17, 15) is 14.4 Å². The van der Waals surface area contributed by atoms with Gasteiger partial charge in [-0.25, -0.2) is 0 Å². The molecule has 0 aromatic carbocycles. The van der Waals surface area contributed by atoms with Crippen molar-refractivity contribution in [3.05, 3.63) is 0 Å². The monoisotopic (exact) mass is 285 g/mol. The van der Waals surface area contributed by atoms with Crippen molar-refractivity contribution in [1.82, 2.24) is 15.5 Å². The number of hydrogen-bond donors (Lipinski definition) is 2. The molecule has 2 N–H and O–H groups in total. The van der Waals surface area contributed by atoms with Crippen LogP contribution in [0.5, 0.6) is 0 Å². The van der Waals surface area contributed by atoms with E-state index < -0.39 is 12.1 Å². The second kappa shape index (κ2) is 7.96. The molecule has 20 heavy (non-hydrogen) atoms. The second-order valence-electron chi connectivity index (χ2n) is 4.88. The quantitative estimate of drug-likeness (QED) is 0.648. The van der Waals surface area contributed by atoms with Crippen LogP contribution in [0.15, 0.2) is 0 Å². The first-order valence-electron chi connectivity index (χ1n) is 6.79. The van der Waals surface area contributed by atoms with Crippen LogP contribution in [0.2, 0.25) is 0 Å². The molecule has 1 aliphatic heterocycles. The second-order valence-corrected chi connectivity index (χ2v) is 4.88. The Balaban J connectivity index is 2.50. The van der Waals surface area contributed by atoms with E-state index >= 15 is 0 Å². The lowest BCUT2D eigenvalue weighted by molar-refractivity contribution is -0.138. The molecule has 1 aliphatic rings. The molecular formula is C13H23N3O4. The van der Waals surface area contributed by atoms with Gasteiger partial charge in [0.05, 0.1) is 31.7 Å². The zero-order valence-corrected chi connectivity index (χ0v) is 12.3. The number of nitrogens with one attached hydrogen (secondary N) is 2. The first-order chi connectivity index (χ1) is 9.45. The van der Waals surface area contributed by atoms with E-state index in [2.05, 4.69) is 10.6 Å². The van der Waals surface area contributed by atoms with Gasteiger partial charge in [0.2, 0.25) is 11.8 Å². The zero-order chi connectivity index (χ0) is 15.1. The molecule has 0 radical (unpaired) electrons. The standard InChI is InChI=1S/C13H23N3O4/c1-9(10(2)17)15-13(19)11(14-3)8-12(18)16-4-6-20-7-5-16/h9,11,14H,4-8H2,1-3H3,(H,15,19). The van der Waals surface area contributed by atoms with Gasteiger partial charge in [-0.15, -0.1) is 0 Å². The summed E-state index contributed by atoms with van der Waals surface area (Å²) in [6.07, 6.45) is 0.0763. The summed E-state index contributed by atoms with van der Waals surface area (Å²) in [4.78, 5) is 36.9. The number of carbonyl (C=O) groups is 3. The Bertz CT molecular complexity index is 367. The fourth-order valence-electron chi connectivity index (χ4n) is 1.86. The molecule has 0 bridgehead atoms. The summed E-state index contributed by atoms with van der Waals surface area (Å²) in [5, 5.41) is 5.41. The predicted octanol–water partition coefficient (Wildman–Crippen LogP) is -1.08. The summed E-state index contributed by atoms with van der Waals surface area (Å²) in [6.45, 7) is 5.21. The van der Waals surface area contributed by atoms with Crippen LogP contribution < -0.4 is 10.6 Å². The molecule has 1 heterocycles. The molecule has 2 amide bonds. The van der Waals surface area contributed by atoms with E-state index in [1.165, 1.54) is 6.92 Å². The normalized spacial score (nSPS) is 18.2. The highest BCUT2D eigenvalue weighted by Gasteiger charge is 2.25.